The first-order valence-corrected chi connectivity index (χ1v) is 6.78. The van der Waals surface area contributed by atoms with Crippen LogP contribution >= 0.6 is 0 Å². The number of ether oxygens (including phenoxy) is 2. The second-order valence-corrected chi connectivity index (χ2v) is 5.10. The fraction of sp³-hybridized carbons (Fsp3) is 0.467. The van der Waals surface area contributed by atoms with Crippen molar-refractivity contribution in [1.29, 1.82) is 0 Å². The van der Waals surface area contributed by atoms with Gasteiger partial charge >= 0.3 is 5.97 Å². The Morgan fingerprint density at radius 3 is 2.86 bits per heavy atom. The van der Waals surface area contributed by atoms with Gasteiger partial charge in [-0.05, 0) is 24.6 Å². The molecule has 0 spiro atoms. The Kier molecular flexibility index (Phi) is 4.80. The normalized spacial score (nSPS) is 21.9. The fourth-order valence-electron chi connectivity index (χ4n) is 2.36. The van der Waals surface area contributed by atoms with Gasteiger partial charge in [0.05, 0.1) is 26.2 Å². The van der Waals surface area contributed by atoms with E-state index in [1.54, 1.807) is 25.0 Å². The van der Waals surface area contributed by atoms with Crippen LogP contribution in [0.5, 0.6) is 5.75 Å². The molecule has 0 saturated carbocycles. The standard InChI is InChI=1S/C15H19NO5/c1-10-8-16(9-13(21-10)15(18)19)14(17)7-11-4-3-5-12(6-11)20-2/h3-6,10,13H,7-9H2,1-2H3,(H,18,19)/t10-,13?/m1/s1. The van der Waals surface area contributed by atoms with E-state index < -0.39 is 12.1 Å². The Labute approximate surface area is 123 Å². The Hall–Kier alpha value is -2.08. The van der Waals surface area contributed by atoms with E-state index in [4.69, 9.17) is 14.6 Å². The van der Waals surface area contributed by atoms with Crippen molar-refractivity contribution in [3.05, 3.63) is 29.8 Å². The smallest absolute Gasteiger partial charge is 0.334 e. The second-order valence-electron chi connectivity index (χ2n) is 5.10. The van der Waals surface area contributed by atoms with Crippen LogP contribution in [0.25, 0.3) is 0 Å². The van der Waals surface area contributed by atoms with Crippen LogP contribution in [0.3, 0.4) is 0 Å². The first-order valence-electron chi connectivity index (χ1n) is 6.78. The summed E-state index contributed by atoms with van der Waals surface area (Å²) < 4.78 is 10.4. The van der Waals surface area contributed by atoms with E-state index in [9.17, 15) is 9.59 Å². The van der Waals surface area contributed by atoms with Crippen LogP contribution in [-0.2, 0) is 20.7 Å². The number of carboxylic acid groups (broad SMARTS) is 1. The number of aliphatic carboxylic acids is 1. The third-order valence-corrected chi connectivity index (χ3v) is 3.38. The van der Waals surface area contributed by atoms with Crippen LogP contribution in [0.2, 0.25) is 0 Å². The monoisotopic (exact) mass is 293 g/mol. The van der Waals surface area contributed by atoms with Crippen molar-refractivity contribution < 1.29 is 24.2 Å². The highest BCUT2D eigenvalue weighted by atomic mass is 16.5. The molecule has 1 unspecified atom stereocenters. The fourth-order valence-corrected chi connectivity index (χ4v) is 2.36. The summed E-state index contributed by atoms with van der Waals surface area (Å²) in [5.41, 5.74) is 0.838. The van der Waals surface area contributed by atoms with Crippen LogP contribution in [-0.4, -0.2) is 54.3 Å². The molecule has 1 aliphatic rings. The molecule has 1 amide bonds. The first kappa shape index (κ1) is 15.3. The van der Waals surface area contributed by atoms with Crippen molar-refractivity contribution in [2.24, 2.45) is 0 Å². The highest BCUT2D eigenvalue weighted by Gasteiger charge is 2.32. The number of carbonyl (C=O) groups is 2. The zero-order valence-corrected chi connectivity index (χ0v) is 12.1. The lowest BCUT2D eigenvalue weighted by atomic mass is 10.1. The van der Waals surface area contributed by atoms with E-state index >= 15 is 0 Å². The Morgan fingerprint density at radius 1 is 1.43 bits per heavy atom. The number of carbonyl (C=O) groups excluding carboxylic acids is 1. The van der Waals surface area contributed by atoms with Gasteiger partial charge in [-0.2, -0.15) is 0 Å². The van der Waals surface area contributed by atoms with Crippen molar-refractivity contribution in [1.82, 2.24) is 4.90 Å². The Balaban J connectivity index is 2.03. The van der Waals surface area contributed by atoms with E-state index in [2.05, 4.69) is 0 Å². The number of carboxylic acids is 1. The second kappa shape index (κ2) is 6.58. The zero-order chi connectivity index (χ0) is 15.4. The van der Waals surface area contributed by atoms with Gasteiger partial charge in [0.15, 0.2) is 6.10 Å². The summed E-state index contributed by atoms with van der Waals surface area (Å²) in [6.07, 6.45) is -1.02. The molecule has 1 fully saturated rings. The van der Waals surface area contributed by atoms with E-state index in [0.717, 1.165) is 5.56 Å². The summed E-state index contributed by atoms with van der Waals surface area (Å²) >= 11 is 0. The molecular formula is C15H19NO5. The lowest BCUT2D eigenvalue weighted by Gasteiger charge is -2.35. The quantitative estimate of drug-likeness (QED) is 0.894. The molecule has 1 aromatic carbocycles. The molecule has 1 aliphatic heterocycles. The van der Waals surface area contributed by atoms with Crippen molar-refractivity contribution in [3.8, 4) is 5.75 Å². The maximum atomic E-state index is 12.3. The van der Waals surface area contributed by atoms with Gasteiger partial charge in [0.2, 0.25) is 5.91 Å². The average molecular weight is 293 g/mol. The van der Waals surface area contributed by atoms with Gasteiger partial charge in [-0.1, -0.05) is 12.1 Å². The molecule has 21 heavy (non-hydrogen) atoms. The number of hydrogen-bond acceptors (Lipinski definition) is 4. The van der Waals surface area contributed by atoms with E-state index in [1.165, 1.54) is 0 Å². The number of rotatable bonds is 4. The molecule has 6 heteroatoms. The van der Waals surface area contributed by atoms with Gasteiger partial charge in [0.25, 0.3) is 0 Å². The molecule has 1 aromatic rings. The van der Waals surface area contributed by atoms with Gasteiger partial charge in [-0.15, -0.1) is 0 Å². The molecule has 0 bridgehead atoms. The molecule has 2 rings (SSSR count). The predicted molar refractivity (Wildman–Crippen MR) is 75.2 cm³/mol. The largest absolute Gasteiger partial charge is 0.497 e. The summed E-state index contributed by atoms with van der Waals surface area (Å²) in [5.74, 6) is -0.454. The minimum absolute atomic E-state index is 0.0858. The summed E-state index contributed by atoms with van der Waals surface area (Å²) in [6, 6.07) is 7.28. The topological polar surface area (TPSA) is 76.1 Å². The van der Waals surface area contributed by atoms with Gasteiger partial charge in [0, 0.05) is 6.54 Å². The molecule has 6 nitrogen and oxygen atoms in total. The van der Waals surface area contributed by atoms with Gasteiger partial charge in [-0.3, -0.25) is 4.79 Å². The molecule has 1 N–H and O–H groups in total. The minimum Gasteiger partial charge on any atom is -0.497 e. The van der Waals surface area contributed by atoms with Crippen molar-refractivity contribution >= 4 is 11.9 Å². The molecule has 114 valence electrons. The number of amides is 1. The van der Waals surface area contributed by atoms with Gasteiger partial charge < -0.3 is 19.5 Å². The molecule has 0 aromatic heterocycles. The Morgan fingerprint density at radius 2 is 2.19 bits per heavy atom. The van der Waals surface area contributed by atoms with Crippen molar-refractivity contribution in [3.63, 3.8) is 0 Å². The lowest BCUT2D eigenvalue weighted by Crippen LogP contribution is -2.52. The lowest BCUT2D eigenvalue weighted by molar-refractivity contribution is -0.166. The molecule has 0 radical (unpaired) electrons. The third-order valence-electron chi connectivity index (χ3n) is 3.38. The van der Waals surface area contributed by atoms with E-state index in [-0.39, 0.29) is 25.0 Å². The van der Waals surface area contributed by atoms with Crippen LogP contribution in [0.15, 0.2) is 24.3 Å². The SMILES string of the molecule is COc1cccc(CC(=O)N2CC(C(=O)O)O[C@H](C)C2)c1. The van der Waals surface area contributed by atoms with E-state index in [0.29, 0.717) is 12.3 Å². The van der Waals surface area contributed by atoms with Gasteiger partial charge in [0.1, 0.15) is 5.75 Å². The number of hydrogen-bond donors (Lipinski definition) is 1. The summed E-state index contributed by atoms with van der Waals surface area (Å²) in [5, 5.41) is 9.03. The molecule has 2 atom stereocenters. The third kappa shape index (κ3) is 3.95. The van der Waals surface area contributed by atoms with E-state index in [1.807, 2.05) is 18.2 Å². The highest BCUT2D eigenvalue weighted by molar-refractivity contribution is 5.80. The van der Waals surface area contributed by atoms with Crippen LogP contribution in [0, 0.1) is 0 Å². The maximum Gasteiger partial charge on any atom is 0.334 e. The minimum atomic E-state index is -1.04. The van der Waals surface area contributed by atoms with Crippen LogP contribution < -0.4 is 4.74 Å². The predicted octanol–water partition coefficient (Wildman–Crippen LogP) is 0.938. The number of benzene rings is 1. The molecule has 0 aliphatic carbocycles. The average Bonchev–Trinajstić information content (AvgIpc) is 2.46. The van der Waals surface area contributed by atoms with Crippen molar-refractivity contribution in [2.45, 2.75) is 25.6 Å². The maximum absolute atomic E-state index is 12.3. The summed E-state index contributed by atoms with van der Waals surface area (Å²) in [6.45, 7) is 2.26. The van der Waals surface area contributed by atoms with Gasteiger partial charge in [-0.25, -0.2) is 4.79 Å². The van der Waals surface area contributed by atoms with Crippen LogP contribution in [0.4, 0.5) is 0 Å². The molecule has 1 saturated heterocycles. The molecule has 1 heterocycles. The first-order chi connectivity index (χ1) is 9.99. The Bertz CT molecular complexity index is 531. The number of methoxy groups -OCH3 is 1. The summed E-state index contributed by atoms with van der Waals surface area (Å²) in [4.78, 5) is 24.9. The number of nitrogens with zero attached hydrogens (tertiary/aromatic N) is 1. The number of morpholine rings is 1. The van der Waals surface area contributed by atoms with Crippen molar-refractivity contribution in [2.75, 3.05) is 20.2 Å². The zero-order valence-electron chi connectivity index (χ0n) is 12.1. The molecular weight excluding hydrogens is 274 g/mol. The van der Waals surface area contributed by atoms with Crippen LogP contribution in [0.1, 0.15) is 12.5 Å². The summed E-state index contributed by atoms with van der Waals surface area (Å²) in [7, 11) is 1.57. The highest BCUT2D eigenvalue weighted by Crippen LogP contribution is 2.16.